The smallest absolute Gasteiger partial charge is 0.214 e. The molecule has 1 aromatic carbocycles. The SMILES string of the molecule is CNc1nn2c(C)c(C(C)N(C)C)c(C)nc2c1S(=O)(=O)c1cccc(F)c1. The Morgan fingerprint density at radius 1 is 1.25 bits per heavy atom. The van der Waals surface area contributed by atoms with Crippen LogP contribution in [0.15, 0.2) is 34.1 Å². The summed E-state index contributed by atoms with van der Waals surface area (Å²) in [6.07, 6.45) is 0. The third-order valence-corrected chi connectivity index (χ3v) is 6.78. The van der Waals surface area contributed by atoms with Crippen molar-refractivity contribution in [2.75, 3.05) is 26.5 Å². The minimum Gasteiger partial charge on any atom is -0.370 e. The van der Waals surface area contributed by atoms with E-state index in [0.29, 0.717) is 0 Å². The molecule has 0 amide bonds. The molecule has 2 aromatic heterocycles. The molecule has 1 atom stereocenters. The quantitative estimate of drug-likeness (QED) is 0.703. The average molecular weight is 405 g/mol. The molecule has 0 saturated carbocycles. The van der Waals surface area contributed by atoms with E-state index in [9.17, 15) is 12.8 Å². The fourth-order valence-corrected chi connectivity index (χ4v) is 4.88. The summed E-state index contributed by atoms with van der Waals surface area (Å²) >= 11 is 0. The standard InChI is InChI=1S/C19H24FN5O2S/c1-11-16(12(2)24(5)6)13(3)25-19(22-11)17(18(21-4)23-25)28(26,27)15-9-7-8-14(20)10-15/h7-10,12H,1-6H3,(H,21,23). The molecule has 0 spiro atoms. The molecule has 3 rings (SSSR count). The Morgan fingerprint density at radius 3 is 2.50 bits per heavy atom. The summed E-state index contributed by atoms with van der Waals surface area (Å²) in [6.45, 7) is 5.80. The van der Waals surface area contributed by atoms with Gasteiger partial charge in [-0.2, -0.15) is 0 Å². The molecule has 0 fully saturated rings. The lowest BCUT2D eigenvalue weighted by Crippen LogP contribution is -2.21. The maximum atomic E-state index is 13.7. The van der Waals surface area contributed by atoms with Gasteiger partial charge in [0.05, 0.1) is 4.90 Å². The number of rotatable bonds is 5. The number of benzene rings is 1. The van der Waals surface area contributed by atoms with E-state index < -0.39 is 15.7 Å². The van der Waals surface area contributed by atoms with E-state index in [2.05, 4.69) is 27.2 Å². The number of anilines is 1. The van der Waals surface area contributed by atoms with Gasteiger partial charge in [0, 0.05) is 30.0 Å². The number of fused-ring (bicyclic) bond motifs is 1. The van der Waals surface area contributed by atoms with Crippen LogP contribution in [0, 0.1) is 19.7 Å². The number of hydrogen-bond donors (Lipinski definition) is 1. The highest BCUT2D eigenvalue weighted by Gasteiger charge is 2.30. The van der Waals surface area contributed by atoms with Gasteiger partial charge in [0.1, 0.15) is 5.82 Å². The van der Waals surface area contributed by atoms with Gasteiger partial charge in [0.2, 0.25) is 9.84 Å². The molecule has 1 N–H and O–H groups in total. The Bertz CT molecular complexity index is 1150. The van der Waals surface area contributed by atoms with Crippen LogP contribution in [-0.4, -0.2) is 49.1 Å². The summed E-state index contributed by atoms with van der Waals surface area (Å²) in [4.78, 5) is 6.44. The topological polar surface area (TPSA) is 79.6 Å². The van der Waals surface area contributed by atoms with Crippen LogP contribution in [0.5, 0.6) is 0 Å². The third-order valence-electron chi connectivity index (χ3n) is 4.99. The van der Waals surface area contributed by atoms with Crippen molar-refractivity contribution in [2.45, 2.75) is 36.6 Å². The molecule has 150 valence electrons. The summed E-state index contributed by atoms with van der Waals surface area (Å²) in [6, 6.07) is 5.01. The lowest BCUT2D eigenvalue weighted by atomic mass is 10.0. The Labute approximate surface area is 164 Å². The van der Waals surface area contributed by atoms with E-state index in [4.69, 9.17) is 0 Å². The van der Waals surface area contributed by atoms with Gasteiger partial charge in [0.25, 0.3) is 0 Å². The van der Waals surface area contributed by atoms with Crippen molar-refractivity contribution in [1.82, 2.24) is 19.5 Å². The molecule has 1 unspecified atom stereocenters. The maximum Gasteiger partial charge on any atom is 0.214 e. The number of hydrogen-bond acceptors (Lipinski definition) is 6. The van der Waals surface area contributed by atoms with Crippen LogP contribution in [0.25, 0.3) is 5.65 Å². The van der Waals surface area contributed by atoms with Crippen LogP contribution >= 0.6 is 0 Å². The molecule has 0 radical (unpaired) electrons. The van der Waals surface area contributed by atoms with E-state index in [-0.39, 0.29) is 27.3 Å². The molecule has 28 heavy (non-hydrogen) atoms. The van der Waals surface area contributed by atoms with Gasteiger partial charge in [0.15, 0.2) is 16.4 Å². The Balaban J connectivity index is 2.36. The predicted octanol–water partition coefficient (Wildman–Crippen LogP) is 2.98. The van der Waals surface area contributed by atoms with Crippen LogP contribution in [0.3, 0.4) is 0 Å². The number of halogens is 1. The summed E-state index contributed by atoms with van der Waals surface area (Å²) in [7, 11) is 1.50. The van der Waals surface area contributed by atoms with Crippen molar-refractivity contribution in [3.8, 4) is 0 Å². The second kappa shape index (κ2) is 7.14. The van der Waals surface area contributed by atoms with Gasteiger partial charge in [-0.15, -0.1) is 5.10 Å². The predicted molar refractivity (Wildman–Crippen MR) is 106 cm³/mol. The zero-order valence-corrected chi connectivity index (χ0v) is 17.6. The van der Waals surface area contributed by atoms with Gasteiger partial charge in [-0.05, 0) is 53.1 Å². The van der Waals surface area contributed by atoms with Gasteiger partial charge in [-0.1, -0.05) is 6.07 Å². The van der Waals surface area contributed by atoms with Crippen molar-refractivity contribution < 1.29 is 12.8 Å². The number of nitrogens with one attached hydrogen (secondary N) is 1. The van der Waals surface area contributed by atoms with E-state index >= 15 is 0 Å². The monoisotopic (exact) mass is 405 g/mol. The Morgan fingerprint density at radius 2 is 1.93 bits per heavy atom. The molecule has 0 aliphatic rings. The van der Waals surface area contributed by atoms with Gasteiger partial charge < -0.3 is 10.2 Å². The number of aromatic nitrogens is 3. The van der Waals surface area contributed by atoms with E-state index in [1.165, 1.54) is 18.2 Å². The molecule has 0 aliphatic carbocycles. The maximum absolute atomic E-state index is 13.7. The lowest BCUT2D eigenvalue weighted by molar-refractivity contribution is 0.317. The van der Waals surface area contributed by atoms with Crippen LogP contribution < -0.4 is 5.32 Å². The van der Waals surface area contributed by atoms with E-state index in [1.807, 2.05) is 27.9 Å². The summed E-state index contributed by atoms with van der Waals surface area (Å²) < 4.78 is 41.8. The van der Waals surface area contributed by atoms with Crippen molar-refractivity contribution >= 4 is 21.3 Å². The highest BCUT2D eigenvalue weighted by molar-refractivity contribution is 7.91. The first-order chi connectivity index (χ1) is 13.1. The third kappa shape index (κ3) is 3.14. The lowest BCUT2D eigenvalue weighted by Gasteiger charge is -2.23. The summed E-state index contributed by atoms with van der Waals surface area (Å²) in [5.41, 5.74) is 2.74. The molecule has 2 heterocycles. The van der Waals surface area contributed by atoms with Crippen molar-refractivity contribution in [3.63, 3.8) is 0 Å². The zero-order valence-electron chi connectivity index (χ0n) is 16.8. The zero-order chi connectivity index (χ0) is 20.8. The molecular weight excluding hydrogens is 381 g/mol. The first kappa shape index (κ1) is 20.2. The van der Waals surface area contributed by atoms with Gasteiger partial charge in [-0.25, -0.2) is 22.3 Å². The average Bonchev–Trinajstić information content (AvgIpc) is 3.01. The second-order valence-corrected chi connectivity index (χ2v) is 8.85. The molecule has 0 bridgehead atoms. The molecule has 7 nitrogen and oxygen atoms in total. The molecule has 3 aromatic rings. The fourth-order valence-electron chi connectivity index (χ4n) is 3.35. The molecule has 9 heteroatoms. The number of nitrogens with zero attached hydrogens (tertiary/aromatic N) is 4. The number of aryl methyl sites for hydroxylation is 2. The first-order valence-corrected chi connectivity index (χ1v) is 10.3. The van der Waals surface area contributed by atoms with Gasteiger partial charge in [-0.3, -0.25) is 0 Å². The number of sulfone groups is 1. The Kier molecular flexibility index (Phi) is 5.16. The fraction of sp³-hybridized carbons (Fsp3) is 0.368. The largest absolute Gasteiger partial charge is 0.370 e. The van der Waals surface area contributed by atoms with Crippen LogP contribution in [-0.2, 0) is 9.84 Å². The van der Waals surface area contributed by atoms with Crippen molar-refractivity contribution in [3.05, 3.63) is 47.0 Å². The summed E-state index contributed by atoms with van der Waals surface area (Å²) in [5.74, 6) is -0.445. The highest BCUT2D eigenvalue weighted by atomic mass is 32.2. The highest BCUT2D eigenvalue weighted by Crippen LogP contribution is 2.33. The molecule has 0 saturated heterocycles. The first-order valence-electron chi connectivity index (χ1n) is 8.84. The molecule has 0 aliphatic heterocycles. The Hall–Kier alpha value is -2.52. The normalized spacial score (nSPS) is 13.3. The van der Waals surface area contributed by atoms with Crippen LogP contribution in [0.1, 0.15) is 29.9 Å². The van der Waals surface area contributed by atoms with Crippen molar-refractivity contribution in [1.29, 1.82) is 0 Å². The molecular formula is C19H24FN5O2S. The minimum absolute atomic E-state index is 0.0594. The van der Waals surface area contributed by atoms with Crippen LogP contribution in [0.4, 0.5) is 10.2 Å². The summed E-state index contributed by atoms with van der Waals surface area (Å²) in [5, 5.41) is 7.28. The second-order valence-electron chi connectivity index (χ2n) is 6.96. The minimum atomic E-state index is -4.03. The van der Waals surface area contributed by atoms with E-state index in [0.717, 1.165) is 23.0 Å². The van der Waals surface area contributed by atoms with Crippen LogP contribution in [0.2, 0.25) is 0 Å². The van der Waals surface area contributed by atoms with Gasteiger partial charge >= 0.3 is 0 Å². The van der Waals surface area contributed by atoms with E-state index in [1.54, 1.807) is 11.6 Å². The van der Waals surface area contributed by atoms with Crippen molar-refractivity contribution in [2.24, 2.45) is 0 Å².